The molecule has 2 aromatic rings. The average molecular weight is 325 g/mol. The van der Waals surface area contributed by atoms with Gasteiger partial charge in [-0.2, -0.15) is 0 Å². The summed E-state index contributed by atoms with van der Waals surface area (Å²) in [5.41, 5.74) is 3.01. The Labute approximate surface area is 119 Å². The molecule has 2 rings (SSSR count). The van der Waals surface area contributed by atoms with E-state index in [1.807, 2.05) is 13.8 Å². The molecule has 0 aliphatic heterocycles. The van der Waals surface area contributed by atoms with E-state index in [-0.39, 0.29) is 11.6 Å². The van der Waals surface area contributed by atoms with Gasteiger partial charge in [0.15, 0.2) is 0 Å². The van der Waals surface area contributed by atoms with Gasteiger partial charge >= 0.3 is 0 Å². The number of benzene rings is 1. The molecule has 100 valence electrons. The van der Waals surface area contributed by atoms with Gasteiger partial charge in [-0.15, -0.1) is 0 Å². The fraction of sp³-hybridized carbons (Fsp3) is 0.214. The van der Waals surface area contributed by atoms with Gasteiger partial charge in [0, 0.05) is 11.4 Å². The summed E-state index contributed by atoms with van der Waals surface area (Å²) in [7, 11) is 0. The molecule has 0 fully saturated rings. The van der Waals surface area contributed by atoms with Crippen molar-refractivity contribution >= 4 is 21.6 Å². The van der Waals surface area contributed by atoms with E-state index < -0.39 is 0 Å². The van der Waals surface area contributed by atoms with Crippen LogP contribution in [0.3, 0.4) is 0 Å². The molecule has 0 bridgehead atoms. The maximum atomic E-state index is 13.3. The Balaban J connectivity index is 2.19. The minimum atomic E-state index is -0.292. The smallest absolute Gasteiger partial charge is 0.138 e. The molecule has 0 saturated heterocycles. The van der Waals surface area contributed by atoms with Crippen LogP contribution in [0.15, 0.2) is 28.7 Å². The van der Waals surface area contributed by atoms with Crippen LogP contribution in [-0.2, 0) is 6.54 Å². The van der Waals surface area contributed by atoms with Gasteiger partial charge in [0.25, 0.3) is 0 Å². The van der Waals surface area contributed by atoms with Crippen molar-refractivity contribution in [3.63, 3.8) is 0 Å². The lowest BCUT2D eigenvalue weighted by molar-refractivity contribution is 0.464. The third-order valence-corrected chi connectivity index (χ3v) is 3.41. The predicted molar refractivity (Wildman–Crippen MR) is 76.8 cm³/mol. The van der Waals surface area contributed by atoms with Crippen LogP contribution >= 0.6 is 15.9 Å². The molecule has 0 aliphatic carbocycles. The first kappa shape index (κ1) is 13.8. The number of aromatic nitrogens is 1. The fourth-order valence-electron chi connectivity index (χ4n) is 1.75. The lowest BCUT2D eigenvalue weighted by atomic mass is 10.2. The molecule has 19 heavy (non-hydrogen) atoms. The summed E-state index contributed by atoms with van der Waals surface area (Å²) in [6.07, 6.45) is 0. The number of anilines is 1. The van der Waals surface area contributed by atoms with Crippen molar-refractivity contribution in [2.24, 2.45) is 0 Å². The van der Waals surface area contributed by atoms with Crippen molar-refractivity contribution in [3.05, 3.63) is 51.5 Å². The van der Waals surface area contributed by atoms with Gasteiger partial charge in [-0.05, 0) is 59.6 Å². The summed E-state index contributed by atoms with van der Waals surface area (Å²) in [6.45, 7) is 4.07. The molecule has 0 saturated carbocycles. The van der Waals surface area contributed by atoms with Crippen molar-refractivity contribution in [1.82, 2.24) is 4.98 Å². The quantitative estimate of drug-likeness (QED) is 0.899. The summed E-state index contributed by atoms with van der Waals surface area (Å²) in [5, 5.41) is 12.9. The summed E-state index contributed by atoms with van der Waals surface area (Å²) in [4.78, 5) is 4.26. The predicted octanol–water partition coefficient (Wildman–Crippen LogP) is 3.92. The second-order valence-corrected chi connectivity index (χ2v) is 5.21. The number of aromatic hydroxyl groups is 1. The Bertz CT molecular complexity index is 617. The van der Waals surface area contributed by atoms with Crippen molar-refractivity contribution in [3.8, 4) is 5.75 Å². The van der Waals surface area contributed by atoms with Crippen LogP contribution < -0.4 is 5.32 Å². The van der Waals surface area contributed by atoms with Crippen LogP contribution in [0.5, 0.6) is 5.75 Å². The first-order chi connectivity index (χ1) is 8.97. The highest BCUT2D eigenvalue weighted by molar-refractivity contribution is 9.10. The van der Waals surface area contributed by atoms with E-state index in [1.165, 1.54) is 6.07 Å². The molecule has 1 aromatic carbocycles. The molecular formula is C14H14BrFN2O. The van der Waals surface area contributed by atoms with E-state index in [9.17, 15) is 9.50 Å². The maximum absolute atomic E-state index is 13.3. The lowest BCUT2D eigenvalue weighted by Gasteiger charge is -2.11. The Hall–Kier alpha value is -1.62. The van der Waals surface area contributed by atoms with Crippen LogP contribution in [0.1, 0.15) is 17.0 Å². The minimum absolute atomic E-state index is 0.150. The molecule has 1 heterocycles. The number of aryl methyl sites for hydroxylation is 2. The molecule has 3 nitrogen and oxygen atoms in total. The van der Waals surface area contributed by atoms with Crippen molar-refractivity contribution < 1.29 is 9.50 Å². The molecule has 2 N–H and O–H groups in total. The van der Waals surface area contributed by atoms with Crippen molar-refractivity contribution in [2.75, 3.05) is 5.32 Å². The number of rotatable bonds is 3. The number of nitrogens with one attached hydrogen (secondary N) is 1. The maximum Gasteiger partial charge on any atom is 0.138 e. The highest BCUT2D eigenvalue weighted by atomic mass is 79.9. The topological polar surface area (TPSA) is 45.1 Å². The van der Waals surface area contributed by atoms with E-state index in [4.69, 9.17) is 0 Å². The van der Waals surface area contributed by atoms with Gasteiger partial charge in [-0.1, -0.05) is 0 Å². The van der Waals surface area contributed by atoms with Crippen LogP contribution in [-0.4, -0.2) is 10.1 Å². The van der Waals surface area contributed by atoms with Crippen molar-refractivity contribution in [1.29, 1.82) is 0 Å². The fourth-order valence-corrected chi connectivity index (χ4v) is 2.09. The molecular weight excluding hydrogens is 311 g/mol. The highest BCUT2D eigenvalue weighted by Gasteiger charge is 2.07. The molecule has 0 radical (unpaired) electrons. The summed E-state index contributed by atoms with van der Waals surface area (Å²) >= 11 is 3.15. The zero-order valence-electron chi connectivity index (χ0n) is 10.7. The number of hydrogen-bond donors (Lipinski definition) is 2. The van der Waals surface area contributed by atoms with Gasteiger partial charge in [0.05, 0.1) is 11.0 Å². The highest BCUT2D eigenvalue weighted by Crippen LogP contribution is 2.25. The van der Waals surface area contributed by atoms with Crippen LogP contribution in [0, 0.1) is 19.7 Å². The zero-order valence-corrected chi connectivity index (χ0v) is 12.3. The SMILES string of the molecule is Cc1ccc(O)c(CNc2cc(Br)c(F)cc2C)n1. The molecule has 0 unspecified atom stereocenters. The average Bonchev–Trinajstić information content (AvgIpc) is 2.36. The van der Waals surface area contributed by atoms with Gasteiger partial charge in [-0.25, -0.2) is 4.39 Å². The van der Waals surface area contributed by atoms with Crippen LogP contribution in [0.25, 0.3) is 0 Å². The monoisotopic (exact) mass is 324 g/mol. The largest absolute Gasteiger partial charge is 0.506 e. The van der Waals surface area contributed by atoms with E-state index in [2.05, 4.69) is 26.2 Å². The normalized spacial score (nSPS) is 10.5. The van der Waals surface area contributed by atoms with E-state index in [1.54, 1.807) is 18.2 Å². The van der Waals surface area contributed by atoms with Crippen molar-refractivity contribution in [2.45, 2.75) is 20.4 Å². The van der Waals surface area contributed by atoms with Crippen LogP contribution in [0.4, 0.5) is 10.1 Å². The third kappa shape index (κ3) is 3.23. The van der Waals surface area contributed by atoms with E-state index >= 15 is 0 Å². The van der Waals surface area contributed by atoms with Gasteiger partial charge in [0.2, 0.25) is 0 Å². The molecule has 5 heteroatoms. The number of pyridine rings is 1. The number of hydrogen-bond acceptors (Lipinski definition) is 3. The minimum Gasteiger partial charge on any atom is -0.506 e. The standard InChI is InChI=1S/C14H14BrFN2O/c1-8-5-11(16)10(15)6-12(8)17-7-13-14(19)4-3-9(2)18-13/h3-6,17,19H,7H2,1-2H3. The second-order valence-electron chi connectivity index (χ2n) is 4.35. The van der Waals surface area contributed by atoms with Gasteiger partial charge < -0.3 is 10.4 Å². The third-order valence-electron chi connectivity index (χ3n) is 2.80. The molecule has 0 atom stereocenters. The molecule has 0 amide bonds. The number of halogens is 2. The Kier molecular flexibility index (Phi) is 4.04. The zero-order chi connectivity index (χ0) is 14.0. The van der Waals surface area contributed by atoms with Crippen LogP contribution in [0.2, 0.25) is 0 Å². The first-order valence-electron chi connectivity index (χ1n) is 5.82. The van der Waals surface area contributed by atoms with E-state index in [0.29, 0.717) is 16.7 Å². The summed E-state index contributed by atoms with van der Waals surface area (Å²) < 4.78 is 13.7. The Morgan fingerprint density at radius 3 is 2.79 bits per heavy atom. The summed E-state index contributed by atoms with van der Waals surface area (Å²) in [5.74, 6) is -0.142. The lowest BCUT2D eigenvalue weighted by Crippen LogP contribution is -2.04. The molecule has 1 aromatic heterocycles. The van der Waals surface area contributed by atoms with E-state index in [0.717, 1.165) is 16.9 Å². The first-order valence-corrected chi connectivity index (χ1v) is 6.61. The molecule has 0 aliphatic rings. The van der Waals surface area contributed by atoms with Gasteiger partial charge in [0.1, 0.15) is 17.3 Å². The Morgan fingerprint density at radius 1 is 1.32 bits per heavy atom. The second kappa shape index (κ2) is 5.57. The summed E-state index contributed by atoms with van der Waals surface area (Å²) in [6, 6.07) is 6.50. The number of nitrogens with zero attached hydrogens (tertiary/aromatic N) is 1. The molecule has 0 spiro atoms. The Morgan fingerprint density at radius 2 is 2.05 bits per heavy atom. The van der Waals surface area contributed by atoms with Gasteiger partial charge in [-0.3, -0.25) is 4.98 Å².